The number of hydrogen-bond acceptors (Lipinski definition) is 3. The van der Waals surface area contributed by atoms with Gasteiger partial charge in [0.2, 0.25) is 5.91 Å². The number of rotatable bonds is 4. The van der Waals surface area contributed by atoms with Gasteiger partial charge in [0.05, 0.1) is 13.4 Å². The summed E-state index contributed by atoms with van der Waals surface area (Å²) in [6, 6.07) is 10.5. The zero-order valence-electron chi connectivity index (χ0n) is 19.0. The fourth-order valence-electron chi connectivity index (χ4n) is 4.50. The zero-order chi connectivity index (χ0) is 22.0. The SMILES string of the molecule is COc1cc2occ(-c3ccc(C)cc3C)c2cc1/C(C)=C/C(=O)N1CCCCCC1. The third-order valence-electron chi connectivity index (χ3n) is 6.25. The van der Waals surface area contributed by atoms with Crippen molar-refractivity contribution in [1.29, 1.82) is 0 Å². The number of allylic oxidation sites excluding steroid dienone is 1. The van der Waals surface area contributed by atoms with Crippen molar-refractivity contribution in [2.75, 3.05) is 20.2 Å². The average molecular weight is 418 g/mol. The van der Waals surface area contributed by atoms with Crippen molar-refractivity contribution in [2.24, 2.45) is 0 Å². The van der Waals surface area contributed by atoms with E-state index in [0.29, 0.717) is 5.75 Å². The number of benzene rings is 2. The Morgan fingerprint density at radius 1 is 1.03 bits per heavy atom. The average Bonchev–Trinajstić information content (AvgIpc) is 2.96. The van der Waals surface area contributed by atoms with Gasteiger partial charge < -0.3 is 14.1 Å². The Labute approximate surface area is 184 Å². The van der Waals surface area contributed by atoms with Crippen molar-refractivity contribution < 1.29 is 13.9 Å². The van der Waals surface area contributed by atoms with Crippen molar-refractivity contribution in [3.63, 3.8) is 0 Å². The lowest BCUT2D eigenvalue weighted by Crippen LogP contribution is -2.30. The first kappa shape index (κ1) is 21.2. The number of fused-ring (bicyclic) bond motifs is 1. The van der Waals surface area contributed by atoms with Gasteiger partial charge in [0.1, 0.15) is 11.3 Å². The molecule has 0 atom stereocenters. The standard InChI is InChI=1S/C27H31NO3/c1-18-9-10-21(19(2)13-18)24-17-31-26-16-25(30-4)22(15-23(24)26)20(3)14-27(29)28-11-7-5-6-8-12-28/h9-10,13-17H,5-8,11-12H2,1-4H3/b20-14+. The van der Waals surface area contributed by atoms with E-state index in [9.17, 15) is 4.79 Å². The predicted molar refractivity (Wildman–Crippen MR) is 126 cm³/mol. The van der Waals surface area contributed by atoms with Gasteiger partial charge in [-0.05, 0) is 56.4 Å². The summed E-state index contributed by atoms with van der Waals surface area (Å²) in [5.74, 6) is 0.801. The van der Waals surface area contributed by atoms with Crippen LogP contribution in [0.15, 0.2) is 47.1 Å². The maximum atomic E-state index is 12.9. The molecule has 1 amide bonds. The maximum absolute atomic E-state index is 12.9. The first-order chi connectivity index (χ1) is 15.0. The number of methoxy groups -OCH3 is 1. The molecule has 31 heavy (non-hydrogen) atoms. The van der Waals surface area contributed by atoms with Gasteiger partial charge in [-0.3, -0.25) is 4.79 Å². The van der Waals surface area contributed by atoms with Gasteiger partial charge in [0, 0.05) is 41.7 Å². The van der Waals surface area contributed by atoms with Gasteiger partial charge in [-0.15, -0.1) is 0 Å². The van der Waals surface area contributed by atoms with Crippen LogP contribution in [-0.4, -0.2) is 31.0 Å². The fourth-order valence-corrected chi connectivity index (χ4v) is 4.50. The Balaban J connectivity index is 1.75. The van der Waals surface area contributed by atoms with Gasteiger partial charge >= 0.3 is 0 Å². The molecule has 162 valence electrons. The van der Waals surface area contributed by atoms with Crippen LogP contribution < -0.4 is 4.74 Å². The molecule has 1 aliphatic rings. The van der Waals surface area contributed by atoms with E-state index in [-0.39, 0.29) is 5.91 Å². The molecule has 0 spiro atoms. The molecule has 4 heteroatoms. The van der Waals surface area contributed by atoms with Gasteiger partial charge in [0.25, 0.3) is 0 Å². The highest BCUT2D eigenvalue weighted by Crippen LogP contribution is 2.38. The van der Waals surface area contributed by atoms with Crippen molar-refractivity contribution in [1.82, 2.24) is 4.90 Å². The molecule has 1 saturated heterocycles. The molecule has 0 unspecified atom stereocenters. The predicted octanol–water partition coefficient (Wildman–Crippen LogP) is 6.53. The molecule has 4 rings (SSSR count). The third-order valence-corrected chi connectivity index (χ3v) is 6.25. The number of carbonyl (C=O) groups is 1. The quantitative estimate of drug-likeness (QED) is 0.453. The molecule has 1 fully saturated rings. The minimum Gasteiger partial charge on any atom is -0.496 e. The summed E-state index contributed by atoms with van der Waals surface area (Å²) in [5, 5.41) is 1.03. The number of carbonyl (C=O) groups excluding carboxylic acids is 1. The number of furan rings is 1. The molecule has 3 aromatic rings. The van der Waals surface area contributed by atoms with E-state index in [2.05, 4.69) is 38.1 Å². The van der Waals surface area contributed by atoms with E-state index in [4.69, 9.17) is 9.15 Å². The van der Waals surface area contributed by atoms with Crippen molar-refractivity contribution in [3.05, 3.63) is 59.4 Å². The summed E-state index contributed by atoms with van der Waals surface area (Å²) in [5.41, 5.74) is 7.27. The molecule has 0 N–H and O–H groups in total. The number of nitrogens with zero attached hydrogens (tertiary/aromatic N) is 1. The molecule has 1 aromatic heterocycles. The van der Waals surface area contributed by atoms with Gasteiger partial charge in [-0.25, -0.2) is 0 Å². The van der Waals surface area contributed by atoms with E-state index in [1.165, 1.54) is 24.0 Å². The monoisotopic (exact) mass is 417 g/mol. The van der Waals surface area contributed by atoms with E-state index in [1.54, 1.807) is 13.2 Å². The number of likely N-dealkylation sites (tertiary alicyclic amines) is 1. The summed E-state index contributed by atoms with van der Waals surface area (Å²) < 4.78 is 11.5. The van der Waals surface area contributed by atoms with Crippen molar-refractivity contribution in [3.8, 4) is 16.9 Å². The van der Waals surface area contributed by atoms with Crippen LogP contribution in [-0.2, 0) is 4.79 Å². The molecule has 2 heterocycles. The summed E-state index contributed by atoms with van der Waals surface area (Å²) in [7, 11) is 1.66. The molecule has 0 aliphatic carbocycles. The highest BCUT2D eigenvalue weighted by molar-refractivity contribution is 6.00. The Hall–Kier alpha value is -3.01. The largest absolute Gasteiger partial charge is 0.496 e. The van der Waals surface area contributed by atoms with E-state index < -0.39 is 0 Å². The Bertz CT molecular complexity index is 1130. The summed E-state index contributed by atoms with van der Waals surface area (Å²) in [6.45, 7) is 7.89. The van der Waals surface area contributed by atoms with Crippen molar-refractivity contribution >= 4 is 22.4 Å². The van der Waals surface area contributed by atoms with Crippen LogP contribution in [0.5, 0.6) is 5.75 Å². The summed E-state index contributed by atoms with van der Waals surface area (Å²) in [4.78, 5) is 14.9. The molecule has 0 saturated carbocycles. The van der Waals surface area contributed by atoms with Crippen LogP contribution in [0.1, 0.15) is 49.3 Å². The molecule has 0 radical (unpaired) electrons. The smallest absolute Gasteiger partial charge is 0.246 e. The Kier molecular flexibility index (Phi) is 6.17. The van der Waals surface area contributed by atoms with Crippen LogP contribution in [0.3, 0.4) is 0 Å². The second-order valence-corrected chi connectivity index (χ2v) is 8.58. The molecule has 4 nitrogen and oxygen atoms in total. The minimum absolute atomic E-state index is 0.0864. The van der Waals surface area contributed by atoms with E-state index in [0.717, 1.165) is 59.2 Å². The number of ether oxygens (including phenoxy) is 1. The third kappa shape index (κ3) is 4.39. The van der Waals surface area contributed by atoms with Crippen LogP contribution in [0.4, 0.5) is 0 Å². The summed E-state index contributed by atoms with van der Waals surface area (Å²) >= 11 is 0. The number of aryl methyl sites for hydroxylation is 2. The molecular formula is C27H31NO3. The molecule has 1 aliphatic heterocycles. The maximum Gasteiger partial charge on any atom is 0.246 e. The number of hydrogen-bond donors (Lipinski definition) is 0. The minimum atomic E-state index is 0.0864. The lowest BCUT2D eigenvalue weighted by Gasteiger charge is -2.19. The van der Waals surface area contributed by atoms with Crippen LogP contribution >= 0.6 is 0 Å². The van der Waals surface area contributed by atoms with Gasteiger partial charge in [-0.2, -0.15) is 0 Å². The van der Waals surface area contributed by atoms with Gasteiger partial charge in [-0.1, -0.05) is 36.6 Å². The second kappa shape index (κ2) is 9.01. The second-order valence-electron chi connectivity index (χ2n) is 8.58. The lowest BCUT2D eigenvalue weighted by molar-refractivity contribution is -0.125. The Morgan fingerprint density at radius 2 is 1.77 bits per heavy atom. The van der Waals surface area contributed by atoms with Crippen LogP contribution in [0.2, 0.25) is 0 Å². The first-order valence-corrected chi connectivity index (χ1v) is 11.1. The number of amides is 1. The topological polar surface area (TPSA) is 42.7 Å². The fraction of sp³-hybridized carbons (Fsp3) is 0.370. The first-order valence-electron chi connectivity index (χ1n) is 11.1. The van der Waals surface area contributed by atoms with Gasteiger partial charge in [0.15, 0.2) is 0 Å². The van der Waals surface area contributed by atoms with Crippen LogP contribution in [0, 0.1) is 13.8 Å². The zero-order valence-corrected chi connectivity index (χ0v) is 19.0. The highest BCUT2D eigenvalue weighted by atomic mass is 16.5. The van der Waals surface area contributed by atoms with E-state index >= 15 is 0 Å². The van der Waals surface area contributed by atoms with Crippen molar-refractivity contribution in [2.45, 2.75) is 46.5 Å². The Morgan fingerprint density at radius 3 is 2.45 bits per heavy atom. The normalized spacial score (nSPS) is 15.2. The van der Waals surface area contributed by atoms with Crippen LogP contribution in [0.25, 0.3) is 27.7 Å². The molecule has 0 bridgehead atoms. The van der Waals surface area contributed by atoms with E-state index in [1.807, 2.05) is 24.2 Å². The molecule has 2 aromatic carbocycles. The lowest BCUT2D eigenvalue weighted by atomic mass is 9.96. The highest BCUT2D eigenvalue weighted by Gasteiger charge is 2.18. The summed E-state index contributed by atoms with van der Waals surface area (Å²) in [6.07, 6.45) is 8.15. The molecular weight excluding hydrogens is 386 g/mol.